The van der Waals surface area contributed by atoms with Crippen molar-refractivity contribution in [1.29, 1.82) is 0 Å². The van der Waals surface area contributed by atoms with E-state index in [9.17, 15) is 4.57 Å². The Morgan fingerprint density at radius 1 is 0.840 bits per heavy atom. The molecular formula is C19H19N2O3P. The fraction of sp³-hybridized carbons (Fsp3) is 0.105. The van der Waals surface area contributed by atoms with E-state index in [1.165, 1.54) is 0 Å². The van der Waals surface area contributed by atoms with Crippen molar-refractivity contribution in [2.24, 2.45) is 4.76 Å². The van der Waals surface area contributed by atoms with Crippen LogP contribution < -0.4 is 14.5 Å². The van der Waals surface area contributed by atoms with E-state index in [4.69, 9.17) is 9.05 Å². The summed E-state index contributed by atoms with van der Waals surface area (Å²) in [4.78, 5) is 0. The molecular weight excluding hydrogens is 335 g/mol. The zero-order chi connectivity index (χ0) is 17.5. The van der Waals surface area contributed by atoms with Crippen LogP contribution in [0.15, 0.2) is 89.8 Å². The summed E-state index contributed by atoms with van der Waals surface area (Å²) in [5, 5.41) is 0. The van der Waals surface area contributed by atoms with E-state index >= 15 is 0 Å². The van der Waals surface area contributed by atoms with Gasteiger partial charge in [-0.05, 0) is 43.3 Å². The second kappa shape index (κ2) is 7.86. The molecule has 0 N–H and O–H groups in total. The van der Waals surface area contributed by atoms with Crippen LogP contribution in [0.2, 0.25) is 0 Å². The highest BCUT2D eigenvalue weighted by Gasteiger charge is 2.28. The minimum absolute atomic E-state index is 0.435. The lowest BCUT2D eigenvalue weighted by molar-refractivity contribution is 0.385. The lowest BCUT2D eigenvalue weighted by atomic mass is 10.3. The first-order valence-corrected chi connectivity index (χ1v) is 9.49. The van der Waals surface area contributed by atoms with Crippen molar-refractivity contribution in [2.75, 3.05) is 0 Å². The molecule has 0 amide bonds. The van der Waals surface area contributed by atoms with E-state index in [1.807, 2.05) is 42.0 Å². The Morgan fingerprint density at radius 2 is 1.36 bits per heavy atom. The fourth-order valence-corrected chi connectivity index (χ4v) is 3.57. The molecule has 0 aliphatic carbocycles. The first kappa shape index (κ1) is 17.1. The molecule has 0 spiro atoms. The number of para-hydroxylation sites is 2. The quantitative estimate of drug-likeness (QED) is 0.604. The summed E-state index contributed by atoms with van der Waals surface area (Å²) in [6.07, 6.45) is 1.87. The van der Waals surface area contributed by atoms with Crippen LogP contribution in [0.3, 0.4) is 0 Å². The maximum atomic E-state index is 13.4. The number of pyridine rings is 1. The van der Waals surface area contributed by atoms with Gasteiger partial charge in [-0.2, -0.15) is 0 Å². The average molecular weight is 354 g/mol. The van der Waals surface area contributed by atoms with E-state index in [1.54, 1.807) is 54.6 Å². The second-order valence-corrected chi connectivity index (χ2v) is 6.72. The van der Waals surface area contributed by atoms with Gasteiger partial charge in [0.15, 0.2) is 0 Å². The SMILES string of the molecule is CCn1cccc/c1=N\P(=O)(Oc1ccccc1)Oc1ccccc1. The molecule has 25 heavy (non-hydrogen) atoms. The minimum Gasteiger partial charge on any atom is -0.399 e. The van der Waals surface area contributed by atoms with Gasteiger partial charge in [-0.1, -0.05) is 42.5 Å². The molecule has 5 nitrogen and oxygen atoms in total. The maximum Gasteiger partial charge on any atom is 0.565 e. The van der Waals surface area contributed by atoms with Crippen LogP contribution >= 0.6 is 7.75 Å². The number of benzene rings is 2. The lowest BCUT2D eigenvalue weighted by Crippen LogP contribution is -2.19. The Kier molecular flexibility index (Phi) is 5.36. The molecule has 6 heteroatoms. The zero-order valence-electron chi connectivity index (χ0n) is 13.9. The highest BCUT2D eigenvalue weighted by Crippen LogP contribution is 2.49. The summed E-state index contributed by atoms with van der Waals surface area (Å²) in [5.74, 6) is 0.869. The number of hydrogen-bond acceptors (Lipinski definition) is 3. The van der Waals surface area contributed by atoms with Crippen molar-refractivity contribution < 1.29 is 13.6 Å². The summed E-state index contributed by atoms with van der Waals surface area (Å²) >= 11 is 0. The summed E-state index contributed by atoms with van der Waals surface area (Å²) in [5.41, 5.74) is 0.528. The summed E-state index contributed by atoms with van der Waals surface area (Å²) in [7, 11) is -3.82. The van der Waals surface area contributed by atoms with Crippen molar-refractivity contribution in [3.05, 3.63) is 90.5 Å². The Labute approximate surface area is 146 Å². The summed E-state index contributed by atoms with van der Waals surface area (Å²) in [6, 6.07) is 23.3. The predicted octanol–water partition coefficient (Wildman–Crippen LogP) is 4.67. The third kappa shape index (κ3) is 4.61. The molecule has 0 bridgehead atoms. The van der Waals surface area contributed by atoms with Gasteiger partial charge >= 0.3 is 7.75 Å². The maximum absolute atomic E-state index is 13.4. The monoisotopic (exact) mass is 354 g/mol. The van der Waals surface area contributed by atoms with Gasteiger partial charge in [0.2, 0.25) is 0 Å². The third-order valence-corrected chi connectivity index (χ3v) is 4.74. The van der Waals surface area contributed by atoms with Gasteiger partial charge in [0, 0.05) is 12.7 Å². The standard InChI is InChI=1S/C19H19N2O3P/c1-2-21-16-10-9-15-19(21)20-25(22,23-17-11-5-3-6-12-17)24-18-13-7-4-8-14-18/h3-16H,2H2,1H3/b20-19+. The molecule has 0 saturated heterocycles. The molecule has 0 atom stereocenters. The Balaban J connectivity index is 2.03. The Morgan fingerprint density at radius 3 is 1.88 bits per heavy atom. The van der Waals surface area contributed by atoms with Gasteiger partial charge in [-0.15, -0.1) is 4.76 Å². The van der Waals surface area contributed by atoms with Gasteiger partial charge < -0.3 is 13.6 Å². The Hall–Kier alpha value is -2.78. The first-order chi connectivity index (χ1) is 12.2. The van der Waals surface area contributed by atoms with Crippen LogP contribution in [-0.2, 0) is 11.1 Å². The first-order valence-electron chi connectivity index (χ1n) is 7.99. The highest BCUT2D eigenvalue weighted by atomic mass is 31.2. The largest absolute Gasteiger partial charge is 0.565 e. The van der Waals surface area contributed by atoms with Crippen LogP contribution in [0, 0.1) is 0 Å². The molecule has 0 unspecified atom stereocenters. The van der Waals surface area contributed by atoms with Crippen molar-refractivity contribution in [2.45, 2.75) is 13.5 Å². The van der Waals surface area contributed by atoms with Crippen LogP contribution in [-0.4, -0.2) is 4.57 Å². The molecule has 2 aromatic carbocycles. The molecule has 0 aliphatic heterocycles. The minimum atomic E-state index is -3.82. The average Bonchev–Trinajstić information content (AvgIpc) is 2.63. The molecule has 0 fully saturated rings. The van der Waals surface area contributed by atoms with E-state index in [-0.39, 0.29) is 0 Å². The molecule has 0 saturated carbocycles. The van der Waals surface area contributed by atoms with Gasteiger partial charge in [0.05, 0.1) is 0 Å². The van der Waals surface area contributed by atoms with E-state index < -0.39 is 7.75 Å². The van der Waals surface area contributed by atoms with Crippen LogP contribution in [0.1, 0.15) is 6.92 Å². The number of hydrogen-bond donors (Lipinski definition) is 0. The smallest absolute Gasteiger partial charge is 0.399 e. The third-order valence-electron chi connectivity index (χ3n) is 3.41. The van der Waals surface area contributed by atoms with Crippen molar-refractivity contribution >= 4 is 7.75 Å². The van der Waals surface area contributed by atoms with Gasteiger partial charge in [-0.3, -0.25) is 0 Å². The predicted molar refractivity (Wildman–Crippen MR) is 97.4 cm³/mol. The summed E-state index contributed by atoms with van der Waals surface area (Å²) < 4.78 is 30.9. The van der Waals surface area contributed by atoms with Gasteiger partial charge in [0.25, 0.3) is 0 Å². The van der Waals surface area contributed by atoms with E-state index in [2.05, 4.69) is 4.76 Å². The molecule has 128 valence electrons. The fourth-order valence-electron chi connectivity index (χ4n) is 2.24. The summed E-state index contributed by atoms with van der Waals surface area (Å²) in [6.45, 7) is 2.68. The van der Waals surface area contributed by atoms with Crippen molar-refractivity contribution in [1.82, 2.24) is 4.57 Å². The normalized spacial score (nSPS) is 12.0. The number of aryl methyl sites for hydroxylation is 1. The zero-order valence-corrected chi connectivity index (χ0v) is 14.8. The highest BCUT2D eigenvalue weighted by molar-refractivity contribution is 7.53. The van der Waals surface area contributed by atoms with Crippen LogP contribution in [0.4, 0.5) is 0 Å². The molecule has 3 aromatic rings. The topological polar surface area (TPSA) is 52.8 Å². The molecule has 1 heterocycles. The van der Waals surface area contributed by atoms with Gasteiger partial charge in [0.1, 0.15) is 17.0 Å². The van der Waals surface area contributed by atoms with Crippen molar-refractivity contribution in [3.8, 4) is 11.5 Å². The molecule has 3 rings (SSSR count). The number of nitrogens with zero attached hydrogens (tertiary/aromatic N) is 2. The second-order valence-electron chi connectivity index (χ2n) is 5.22. The Bertz CT molecular complexity index is 878. The van der Waals surface area contributed by atoms with Gasteiger partial charge in [-0.25, -0.2) is 4.57 Å². The van der Waals surface area contributed by atoms with Crippen molar-refractivity contribution in [3.63, 3.8) is 0 Å². The number of rotatable bonds is 6. The van der Waals surface area contributed by atoms with Crippen LogP contribution in [0.25, 0.3) is 0 Å². The lowest BCUT2D eigenvalue weighted by Gasteiger charge is -2.16. The molecule has 0 radical (unpaired) electrons. The molecule has 0 aliphatic rings. The van der Waals surface area contributed by atoms with Crippen LogP contribution in [0.5, 0.6) is 11.5 Å². The number of aromatic nitrogens is 1. The van der Waals surface area contributed by atoms with E-state index in [0.717, 1.165) is 0 Å². The molecule has 1 aromatic heterocycles. The van der Waals surface area contributed by atoms with E-state index in [0.29, 0.717) is 23.5 Å².